The molecule has 2 amide bonds. The minimum Gasteiger partial charge on any atom is -0.333 e. The second-order valence-electron chi connectivity index (χ2n) is 10.1. The number of rotatable bonds is 10. The molecule has 6 heteroatoms. The second kappa shape index (κ2) is 12.4. The Morgan fingerprint density at radius 1 is 0.895 bits per heavy atom. The van der Waals surface area contributed by atoms with Gasteiger partial charge in [-0.25, -0.2) is 4.68 Å². The molecule has 4 rings (SSSR count). The fourth-order valence-corrected chi connectivity index (χ4v) is 4.56. The van der Waals surface area contributed by atoms with Crippen molar-refractivity contribution in [1.82, 2.24) is 14.7 Å². The number of aryl methyl sites for hydroxylation is 3. The zero-order valence-corrected chi connectivity index (χ0v) is 22.6. The smallest absolute Gasteiger partial charge is 0.245 e. The Kier molecular flexibility index (Phi) is 8.74. The third-order valence-electron chi connectivity index (χ3n) is 6.40. The van der Waals surface area contributed by atoms with Gasteiger partial charge in [0.2, 0.25) is 11.8 Å². The molecule has 3 aromatic carbocycles. The van der Waals surface area contributed by atoms with E-state index in [4.69, 9.17) is 5.10 Å². The average molecular weight is 509 g/mol. The van der Waals surface area contributed by atoms with E-state index in [0.29, 0.717) is 25.2 Å². The molecule has 0 fully saturated rings. The van der Waals surface area contributed by atoms with Gasteiger partial charge in [0.25, 0.3) is 0 Å². The second-order valence-corrected chi connectivity index (χ2v) is 10.1. The SMILES string of the molecule is Cc1ccc(-n2nc(C)c(-c3ccccc3)c2NC(=O)CN(CC(C)C)C(=O)CCc2ccccc2)cc1. The summed E-state index contributed by atoms with van der Waals surface area (Å²) in [7, 11) is 0. The number of anilines is 1. The van der Waals surface area contributed by atoms with Crippen LogP contribution in [0.2, 0.25) is 0 Å². The number of carbonyl (C=O) groups excluding carboxylic acids is 2. The minimum atomic E-state index is -0.246. The van der Waals surface area contributed by atoms with Crippen molar-refractivity contribution in [2.24, 2.45) is 5.92 Å². The Morgan fingerprint density at radius 2 is 1.53 bits per heavy atom. The van der Waals surface area contributed by atoms with Crippen molar-refractivity contribution in [2.45, 2.75) is 40.5 Å². The van der Waals surface area contributed by atoms with Gasteiger partial charge in [-0.05, 0) is 49.4 Å². The summed E-state index contributed by atoms with van der Waals surface area (Å²) in [5.41, 5.74) is 5.76. The van der Waals surface area contributed by atoms with Crippen LogP contribution in [0.4, 0.5) is 5.82 Å². The Balaban J connectivity index is 1.59. The molecule has 0 spiro atoms. The Labute approximate surface area is 225 Å². The fraction of sp³-hybridized carbons (Fsp3) is 0.281. The molecule has 0 saturated carbocycles. The van der Waals surface area contributed by atoms with Crippen LogP contribution >= 0.6 is 0 Å². The average Bonchev–Trinajstić information content (AvgIpc) is 3.23. The Hall–Kier alpha value is -4.19. The van der Waals surface area contributed by atoms with Crippen LogP contribution in [0.5, 0.6) is 0 Å². The fourth-order valence-electron chi connectivity index (χ4n) is 4.56. The third-order valence-corrected chi connectivity index (χ3v) is 6.40. The minimum absolute atomic E-state index is 0.0157. The number of nitrogens with one attached hydrogen (secondary N) is 1. The van der Waals surface area contributed by atoms with Crippen molar-refractivity contribution in [3.05, 3.63) is 102 Å². The molecule has 0 aliphatic rings. The van der Waals surface area contributed by atoms with Crippen LogP contribution in [0, 0.1) is 19.8 Å². The highest BCUT2D eigenvalue weighted by molar-refractivity contribution is 5.98. The molecule has 38 heavy (non-hydrogen) atoms. The first-order chi connectivity index (χ1) is 18.3. The Bertz CT molecular complexity index is 1360. The molecule has 196 valence electrons. The maximum Gasteiger partial charge on any atom is 0.245 e. The van der Waals surface area contributed by atoms with Gasteiger partial charge < -0.3 is 10.2 Å². The summed E-state index contributed by atoms with van der Waals surface area (Å²) >= 11 is 0. The predicted molar refractivity (Wildman–Crippen MR) is 153 cm³/mol. The highest BCUT2D eigenvalue weighted by atomic mass is 16.2. The maximum absolute atomic E-state index is 13.5. The van der Waals surface area contributed by atoms with Gasteiger partial charge in [0.1, 0.15) is 5.82 Å². The lowest BCUT2D eigenvalue weighted by Crippen LogP contribution is -2.40. The van der Waals surface area contributed by atoms with Crippen LogP contribution in [0.15, 0.2) is 84.9 Å². The van der Waals surface area contributed by atoms with Gasteiger partial charge >= 0.3 is 0 Å². The monoisotopic (exact) mass is 508 g/mol. The van der Waals surface area contributed by atoms with E-state index in [1.165, 1.54) is 0 Å². The molecule has 0 saturated heterocycles. The largest absolute Gasteiger partial charge is 0.333 e. The number of aromatic nitrogens is 2. The molecule has 0 atom stereocenters. The van der Waals surface area contributed by atoms with Gasteiger partial charge in [0.15, 0.2) is 0 Å². The number of nitrogens with zero attached hydrogens (tertiary/aromatic N) is 3. The lowest BCUT2D eigenvalue weighted by atomic mass is 10.1. The van der Waals surface area contributed by atoms with Crippen molar-refractivity contribution in [1.29, 1.82) is 0 Å². The van der Waals surface area contributed by atoms with Gasteiger partial charge in [-0.2, -0.15) is 5.10 Å². The molecule has 0 aliphatic carbocycles. The van der Waals surface area contributed by atoms with Crippen molar-refractivity contribution in [3.8, 4) is 16.8 Å². The van der Waals surface area contributed by atoms with Gasteiger partial charge in [-0.1, -0.05) is 92.2 Å². The van der Waals surface area contributed by atoms with Crippen molar-refractivity contribution < 1.29 is 9.59 Å². The van der Waals surface area contributed by atoms with Gasteiger partial charge in [-0.3, -0.25) is 9.59 Å². The van der Waals surface area contributed by atoms with E-state index >= 15 is 0 Å². The maximum atomic E-state index is 13.5. The standard InChI is InChI=1S/C32H36N4O2/c1-23(2)21-35(30(38)20-17-26-11-7-5-8-12-26)22-29(37)33-32-31(27-13-9-6-10-14-27)25(4)34-36(32)28-18-15-24(3)16-19-28/h5-16,18-19,23H,17,20-22H2,1-4H3,(H,33,37). The highest BCUT2D eigenvalue weighted by Crippen LogP contribution is 2.33. The molecule has 0 radical (unpaired) electrons. The summed E-state index contributed by atoms with van der Waals surface area (Å²) in [5, 5.41) is 7.90. The van der Waals surface area contributed by atoms with Crippen LogP contribution < -0.4 is 5.32 Å². The number of amides is 2. The zero-order chi connectivity index (χ0) is 27.1. The number of hydrogen-bond donors (Lipinski definition) is 1. The first-order valence-electron chi connectivity index (χ1n) is 13.2. The first kappa shape index (κ1) is 26.9. The van der Waals surface area contributed by atoms with Crippen molar-refractivity contribution in [2.75, 3.05) is 18.4 Å². The van der Waals surface area contributed by atoms with Gasteiger partial charge in [0, 0.05) is 18.5 Å². The van der Waals surface area contributed by atoms with E-state index in [2.05, 4.69) is 19.2 Å². The van der Waals surface area contributed by atoms with Crippen LogP contribution in [0.1, 0.15) is 37.1 Å². The molecular formula is C32H36N4O2. The first-order valence-corrected chi connectivity index (χ1v) is 13.2. The molecule has 0 unspecified atom stereocenters. The van der Waals surface area contributed by atoms with Gasteiger partial charge in [0.05, 0.1) is 17.9 Å². The van der Waals surface area contributed by atoms with Crippen LogP contribution in [0.3, 0.4) is 0 Å². The van der Waals surface area contributed by atoms with Crippen LogP contribution in [0.25, 0.3) is 16.8 Å². The summed E-state index contributed by atoms with van der Waals surface area (Å²) in [6.45, 7) is 8.59. The lowest BCUT2D eigenvalue weighted by Gasteiger charge is -2.24. The van der Waals surface area contributed by atoms with Crippen LogP contribution in [-0.4, -0.2) is 39.6 Å². The molecule has 1 heterocycles. The number of hydrogen-bond acceptors (Lipinski definition) is 3. The highest BCUT2D eigenvalue weighted by Gasteiger charge is 2.23. The number of carbonyl (C=O) groups is 2. The molecular weight excluding hydrogens is 472 g/mol. The Morgan fingerprint density at radius 3 is 2.16 bits per heavy atom. The summed E-state index contributed by atoms with van der Waals surface area (Å²) < 4.78 is 1.78. The quantitative estimate of drug-likeness (QED) is 0.277. The summed E-state index contributed by atoms with van der Waals surface area (Å²) in [6, 6.07) is 27.9. The van der Waals surface area contributed by atoms with E-state index in [-0.39, 0.29) is 24.3 Å². The molecule has 0 aliphatic heterocycles. The van der Waals surface area contributed by atoms with E-state index in [0.717, 1.165) is 33.6 Å². The third kappa shape index (κ3) is 6.76. The van der Waals surface area contributed by atoms with Gasteiger partial charge in [-0.15, -0.1) is 0 Å². The number of benzene rings is 3. The van der Waals surface area contributed by atoms with E-state index in [1.807, 2.05) is 98.8 Å². The zero-order valence-electron chi connectivity index (χ0n) is 22.6. The molecule has 1 aromatic heterocycles. The molecule has 6 nitrogen and oxygen atoms in total. The van der Waals surface area contributed by atoms with Crippen molar-refractivity contribution in [3.63, 3.8) is 0 Å². The summed E-state index contributed by atoms with van der Waals surface area (Å²) in [6.07, 6.45) is 1.01. The molecule has 0 bridgehead atoms. The summed E-state index contributed by atoms with van der Waals surface area (Å²) in [5.74, 6) is 0.570. The normalized spacial score (nSPS) is 11.0. The molecule has 1 N–H and O–H groups in total. The van der Waals surface area contributed by atoms with E-state index < -0.39 is 0 Å². The summed E-state index contributed by atoms with van der Waals surface area (Å²) in [4.78, 5) is 28.3. The van der Waals surface area contributed by atoms with E-state index in [1.54, 1.807) is 9.58 Å². The topological polar surface area (TPSA) is 67.2 Å². The van der Waals surface area contributed by atoms with E-state index in [9.17, 15) is 9.59 Å². The lowest BCUT2D eigenvalue weighted by molar-refractivity contribution is -0.135. The van der Waals surface area contributed by atoms with Crippen molar-refractivity contribution >= 4 is 17.6 Å². The predicted octanol–water partition coefficient (Wildman–Crippen LogP) is 6.21. The molecule has 4 aromatic rings. The van der Waals surface area contributed by atoms with Crippen LogP contribution in [-0.2, 0) is 16.0 Å².